The van der Waals surface area contributed by atoms with E-state index in [1.165, 1.54) is 0 Å². The highest BCUT2D eigenvalue weighted by Gasteiger charge is 2.14. The predicted octanol–water partition coefficient (Wildman–Crippen LogP) is 2.35. The molecule has 66 valence electrons. The predicted molar refractivity (Wildman–Crippen MR) is 45.8 cm³/mol. The molecule has 0 spiro atoms. The lowest BCUT2D eigenvalue weighted by atomic mass is 10.2. The first kappa shape index (κ1) is 10.8. The maximum atomic E-state index is 10.9. The van der Waals surface area contributed by atoms with Gasteiger partial charge in [-0.15, -0.1) is 11.6 Å². The molecule has 0 bridgehead atoms. The number of carbonyl (C=O) groups excluding carboxylic acids is 1. The lowest BCUT2D eigenvalue weighted by Crippen LogP contribution is -2.17. The molecule has 0 amide bonds. The summed E-state index contributed by atoms with van der Waals surface area (Å²) in [5, 5.41) is -0.452. The topological polar surface area (TPSA) is 26.3 Å². The van der Waals surface area contributed by atoms with Gasteiger partial charge in [-0.2, -0.15) is 0 Å². The Bertz CT molecular complexity index is 115. The molecule has 0 radical (unpaired) electrons. The summed E-state index contributed by atoms with van der Waals surface area (Å²) in [4.78, 5) is 10.9. The number of hydrogen-bond acceptors (Lipinski definition) is 2. The molecule has 0 aromatic heterocycles. The van der Waals surface area contributed by atoms with E-state index < -0.39 is 5.38 Å². The molecule has 0 aromatic carbocycles. The Labute approximate surface area is 72.9 Å². The summed E-state index contributed by atoms with van der Waals surface area (Å²) in [6.07, 6.45) is 2.46. The van der Waals surface area contributed by atoms with Crippen LogP contribution in [0.2, 0.25) is 0 Å². The smallest absolute Gasteiger partial charge is 0.324 e. The van der Waals surface area contributed by atoms with Gasteiger partial charge in [-0.1, -0.05) is 20.3 Å². The number of hydrogen-bond donors (Lipinski definition) is 0. The van der Waals surface area contributed by atoms with Gasteiger partial charge in [-0.05, 0) is 12.8 Å². The quantitative estimate of drug-likeness (QED) is 0.477. The first-order chi connectivity index (χ1) is 5.22. The molecule has 0 aliphatic rings. The Morgan fingerprint density at radius 1 is 1.45 bits per heavy atom. The molecule has 0 heterocycles. The van der Waals surface area contributed by atoms with Crippen LogP contribution >= 0.6 is 11.6 Å². The second kappa shape index (κ2) is 6.47. The van der Waals surface area contributed by atoms with Crippen molar-refractivity contribution < 1.29 is 9.53 Å². The van der Waals surface area contributed by atoms with Crippen LogP contribution in [0.15, 0.2) is 0 Å². The van der Waals surface area contributed by atoms with Crippen LogP contribution in [-0.4, -0.2) is 18.0 Å². The minimum atomic E-state index is -0.452. The standard InChI is InChI=1S/C8H15ClO2/c1-3-5-7(9)8(10)11-6-4-2/h7H,3-6H2,1-2H3. The summed E-state index contributed by atoms with van der Waals surface area (Å²) in [7, 11) is 0. The summed E-state index contributed by atoms with van der Waals surface area (Å²) in [5.41, 5.74) is 0. The van der Waals surface area contributed by atoms with E-state index in [-0.39, 0.29) is 5.97 Å². The molecule has 3 heteroatoms. The average molecular weight is 179 g/mol. The minimum Gasteiger partial charge on any atom is -0.465 e. The average Bonchev–Trinajstić information content (AvgIpc) is 2.00. The van der Waals surface area contributed by atoms with Crippen LogP contribution in [0.1, 0.15) is 33.1 Å². The second-order valence-corrected chi connectivity index (χ2v) is 2.95. The number of esters is 1. The normalized spacial score (nSPS) is 12.6. The molecule has 1 unspecified atom stereocenters. The van der Waals surface area contributed by atoms with Gasteiger partial charge in [0.05, 0.1) is 6.61 Å². The van der Waals surface area contributed by atoms with E-state index in [1.54, 1.807) is 0 Å². The van der Waals surface area contributed by atoms with Gasteiger partial charge in [0.15, 0.2) is 0 Å². The number of halogens is 1. The molecule has 11 heavy (non-hydrogen) atoms. The fourth-order valence-corrected chi connectivity index (χ4v) is 0.946. The molecule has 0 N–H and O–H groups in total. The zero-order valence-electron chi connectivity index (χ0n) is 7.10. The van der Waals surface area contributed by atoms with Gasteiger partial charge < -0.3 is 4.74 Å². The van der Waals surface area contributed by atoms with Crippen molar-refractivity contribution in [2.45, 2.75) is 38.5 Å². The van der Waals surface area contributed by atoms with Crippen molar-refractivity contribution >= 4 is 17.6 Å². The first-order valence-electron chi connectivity index (χ1n) is 4.03. The number of carbonyl (C=O) groups is 1. The van der Waals surface area contributed by atoms with E-state index >= 15 is 0 Å². The summed E-state index contributed by atoms with van der Waals surface area (Å²) >= 11 is 5.69. The number of alkyl halides is 1. The number of ether oxygens (including phenoxy) is 1. The van der Waals surface area contributed by atoms with Gasteiger partial charge in [0.2, 0.25) is 0 Å². The molecule has 0 fully saturated rings. The molecular weight excluding hydrogens is 164 g/mol. The Balaban J connectivity index is 3.47. The summed E-state index contributed by atoms with van der Waals surface area (Å²) < 4.78 is 4.83. The summed E-state index contributed by atoms with van der Waals surface area (Å²) in [6, 6.07) is 0. The van der Waals surface area contributed by atoms with Gasteiger partial charge >= 0.3 is 5.97 Å². The van der Waals surface area contributed by atoms with Crippen molar-refractivity contribution in [3.63, 3.8) is 0 Å². The first-order valence-corrected chi connectivity index (χ1v) is 4.46. The lowest BCUT2D eigenvalue weighted by Gasteiger charge is -2.06. The zero-order chi connectivity index (χ0) is 8.69. The Hall–Kier alpha value is -0.240. The van der Waals surface area contributed by atoms with Crippen molar-refractivity contribution in [1.29, 1.82) is 0 Å². The van der Waals surface area contributed by atoms with Crippen LogP contribution in [0, 0.1) is 0 Å². The molecule has 2 nitrogen and oxygen atoms in total. The van der Waals surface area contributed by atoms with Crippen molar-refractivity contribution in [2.75, 3.05) is 6.61 Å². The largest absolute Gasteiger partial charge is 0.465 e. The van der Waals surface area contributed by atoms with E-state index in [0.717, 1.165) is 12.8 Å². The highest BCUT2D eigenvalue weighted by atomic mass is 35.5. The monoisotopic (exact) mass is 178 g/mol. The van der Waals surface area contributed by atoms with E-state index in [9.17, 15) is 4.79 Å². The van der Waals surface area contributed by atoms with Crippen LogP contribution in [0.25, 0.3) is 0 Å². The lowest BCUT2D eigenvalue weighted by molar-refractivity contribution is -0.143. The van der Waals surface area contributed by atoms with E-state index in [4.69, 9.17) is 16.3 Å². The molecule has 0 saturated heterocycles. The highest BCUT2D eigenvalue weighted by molar-refractivity contribution is 6.29. The molecule has 0 rings (SSSR count). The third kappa shape index (κ3) is 5.08. The summed E-state index contributed by atoms with van der Waals surface area (Å²) in [5.74, 6) is -0.282. The van der Waals surface area contributed by atoms with E-state index in [2.05, 4.69) is 0 Å². The van der Waals surface area contributed by atoms with Gasteiger partial charge in [-0.25, -0.2) is 0 Å². The van der Waals surface area contributed by atoms with Crippen molar-refractivity contribution in [1.82, 2.24) is 0 Å². The molecular formula is C8H15ClO2. The Morgan fingerprint density at radius 3 is 2.55 bits per heavy atom. The van der Waals surface area contributed by atoms with Gasteiger partial charge in [0.1, 0.15) is 5.38 Å². The van der Waals surface area contributed by atoms with Crippen LogP contribution in [0.5, 0.6) is 0 Å². The second-order valence-electron chi connectivity index (χ2n) is 2.42. The van der Waals surface area contributed by atoms with Gasteiger partial charge in [0, 0.05) is 0 Å². The molecule has 0 aliphatic heterocycles. The number of rotatable bonds is 5. The van der Waals surface area contributed by atoms with Gasteiger partial charge in [-0.3, -0.25) is 4.79 Å². The molecule has 1 atom stereocenters. The zero-order valence-corrected chi connectivity index (χ0v) is 7.86. The maximum absolute atomic E-state index is 10.9. The van der Waals surface area contributed by atoms with E-state index in [1.807, 2.05) is 13.8 Å². The van der Waals surface area contributed by atoms with Crippen molar-refractivity contribution in [3.05, 3.63) is 0 Å². The van der Waals surface area contributed by atoms with Crippen LogP contribution in [-0.2, 0) is 9.53 Å². The van der Waals surface area contributed by atoms with E-state index in [0.29, 0.717) is 13.0 Å². The van der Waals surface area contributed by atoms with Crippen molar-refractivity contribution in [3.8, 4) is 0 Å². The molecule has 0 saturated carbocycles. The molecule has 0 aliphatic carbocycles. The Morgan fingerprint density at radius 2 is 2.09 bits per heavy atom. The third-order valence-corrected chi connectivity index (χ3v) is 1.64. The third-order valence-electron chi connectivity index (χ3n) is 1.25. The fraction of sp³-hybridized carbons (Fsp3) is 0.875. The molecule has 0 aromatic rings. The van der Waals surface area contributed by atoms with Crippen molar-refractivity contribution in [2.24, 2.45) is 0 Å². The van der Waals surface area contributed by atoms with Crippen LogP contribution in [0.4, 0.5) is 0 Å². The SMILES string of the molecule is CCCOC(=O)C(Cl)CCC. The van der Waals surface area contributed by atoms with Crippen LogP contribution in [0.3, 0.4) is 0 Å². The fourth-order valence-electron chi connectivity index (χ4n) is 0.664. The van der Waals surface area contributed by atoms with Gasteiger partial charge in [0.25, 0.3) is 0 Å². The van der Waals surface area contributed by atoms with Crippen LogP contribution < -0.4 is 0 Å². The maximum Gasteiger partial charge on any atom is 0.324 e. The Kier molecular flexibility index (Phi) is 6.33. The summed E-state index contributed by atoms with van der Waals surface area (Å²) in [6.45, 7) is 4.42. The highest BCUT2D eigenvalue weighted by Crippen LogP contribution is 2.06. The minimum absolute atomic E-state index is 0.282.